The van der Waals surface area contributed by atoms with Gasteiger partial charge in [-0.1, -0.05) is 12.1 Å². The molecule has 0 radical (unpaired) electrons. The van der Waals surface area contributed by atoms with Gasteiger partial charge in [-0.05, 0) is 18.4 Å². The van der Waals surface area contributed by atoms with Crippen molar-refractivity contribution in [2.24, 2.45) is 0 Å². The number of rotatable bonds is 5. The lowest BCUT2D eigenvalue weighted by Gasteiger charge is -2.32. The Labute approximate surface area is 144 Å². The number of nitro benzene ring substituents is 1. The maximum Gasteiger partial charge on any atom is 0.269 e. The van der Waals surface area contributed by atoms with E-state index in [1.807, 2.05) is 0 Å². The molecule has 1 aromatic heterocycles. The van der Waals surface area contributed by atoms with Crippen LogP contribution in [0.2, 0.25) is 0 Å². The fourth-order valence-electron chi connectivity index (χ4n) is 2.80. The summed E-state index contributed by atoms with van der Waals surface area (Å²) < 4.78 is 5.79. The predicted octanol–water partition coefficient (Wildman–Crippen LogP) is 2.00. The van der Waals surface area contributed by atoms with Crippen molar-refractivity contribution in [2.75, 3.05) is 13.1 Å². The Hall–Kier alpha value is -3.03. The van der Waals surface area contributed by atoms with Crippen LogP contribution in [0.4, 0.5) is 5.69 Å². The van der Waals surface area contributed by atoms with Gasteiger partial charge in [0.05, 0.1) is 24.1 Å². The van der Waals surface area contributed by atoms with Crippen molar-refractivity contribution in [3.63, 3.8) is 0 Å². The van der Waals surface area contributed by atoms with Crippen LogP contribution in [0, 0.1) is 10.1 Å². The first-order chi connectivity index (χ1) is 12.1. The Balaban J connectivity index is 1.57. The van der Waals surface area contributed by atoms with Crippen molar-refractivity contribution < 1.29 is 14.5 Å². The molecule has 25 heavy (non-hydrogen) atoms. The third-order valence-corrected chi connectivity index (χ3v) is 4.06. The molecular weight excluding hydrogens is 324 g/mol. The van der Waals surface area contributed by atoms with Gasteiger partial charge in [0.15, 0.2) is 0 Å². The maximum absolute atomic E-state index is 12.5. The van der Waals surface area contributed by atoms with Crippen molar-refractivity contribution in [3.05, 3.63) is 58.5 Å². The number of ether oxygens (including phenoxy) is 1. The van der Waals surface area contributed by atoms with E-state index < -0.39 is 4.92 Å². The van der Waals surface area contributed by atoms with Gasteiger partial charge in [-0.15, -0.1) is 0 Å². The van der Waals surface area contributed by atoms with Gasteiger partial charge in [-0.2, -0.15) is 0 Å². The van der Waals surface area contributed by atoms with Gasteiger partial charge in [0.2, 0.25) is 11.8 Å². The molecule has 2 heterocycles. The molecule has 1 fully saturated rings. The SMILES string of the molecule is O=C(Cc1ccc([N+](=O)[O-])cc1)N1CCCC(Oc2cnccn2)C1. The molecule has 8 nitrogen and oxygen atoms in total. The van der Waals surface area contributed by atoms with E-state index >= 15 is 0 Å². The van der Waals surface area contributed by atoms with E-state index in [4.69, 9.17) is 4.74 Å². The zero-order valence-electron chi connectivity index (χ0n) is 13.6. The minimum Gasteiger partial charge on any atom is -0.471 e. The van der Waals surface area contributed by atoms with Gasteiger partial charge in [0.25, 0.3) is 5.69 Å². The van der Waals surface area contributed by atoms with Crippen molar-refractivity contribution in [2.45, 2.75) is 25.4 Å². The molecule has 130 valence electrons. The van der Waals surface area contributed by atoms with E-state index in [0.29, 0.717) is 19.0 Å². The topological polar surface area (TPSA) is 98.5 Å². The summed E-state index contributed by atoms with van der Waals surface area (Å²) >= 11 is 0. The largest absolute Gasteiger partial charge is 0.471 e. The lowest BCUT2D eigenvalue weighted by molar-refractivity contribution is -0.384. The van der Waals surface area contributed by atoms with Gasteiger partial charge in [-0.25, -0.2) is 4.98 Å². The van der Waals surface area contributed by atoms with Crippen LogP contribution >= 0.6 is 0 Å². The summed E-state index contributed by atoms with van der Waals surface area (Å²) in [7, 11) is 0. The number of aromatic nitrogens is 2. The van der Waals surface area contributed by atoms with Crippen LogP contribution in [0.1, 0.15) is 18.4 Å². The Bertz CT molecular complexity index is 736. The standard InChI is InChI=1S/C17H18N4O4/c22-17(10-13-3-5-14(6-4-13)21(23)24)20-9-1-2-15(12-20)25-16-11-18-7-8-19-16/h3-8,11,15H,1-2,9-10,12H2. The number of benzene rings is 1. The minimum absolute atomic E-state index is 0.0127. The highest BCUT2D eigenvalue weighted by Crippen LogP contribution is 2.18. The van der Waals surface area contributed by atoms with Crippen molar-refractivity contribution in [1.82, 2.24) is 14.9 Å². The molecule has 1 aliphatic heterocycles. The quantitative estimate of drug-likeness (QED) is 0.609. The smallest absolute Gasteiger partial charge is 0.269 e. The summed E-state index contributed by atoms with van der Waals surface area (Å²) in [4.78, 5) is 32.5. The number of amides is 1. The van der Waals surface area contributed by atoms with E-state index in [-0.39, 0.29) is 24.1 Å². The molecule has 1 aliphatic rings. The lowest BCUT2D eigenvalue weighted by Crippen LogP contribution is -2.45. The van der Waals surface area contributed by atoms with Crippen LogP contribution in [0.5, 0.6) is 5.88 Å². The zero-order chi connectivity index (χ0) is 17.6. The van der Waals surface area contributed by atoms with Gasteiger partial charge in [-0.3, -0.25) is 19.9 Å². The number of carbonyl (C=O) groups is 1. The van der Waals surface area contributed by atoms with Gasteiger partial charge in [0, 0.05) is 31.1 Å². The van der Waals surface area contributed by atoms with Gasteiger partial charge >= 0.3 is 0 Å². The number of non-ortho nitro benzene ring substituents is 1. The molecule has 0 N–H and O–H groups in total. The molecule has 0 aliphatic carbocycles. The number of nitrogens with zero attached hydrogens (tertiary/aromatic N) is 4. The molecule has 1 amide bonds. The van der Waals surface area contributed by atoms with Gasteiger partial charge in [0.1, 0.15) is 6.10 Å². The number of carbonyl (C=O) groups excluding carboxylic acids is 1. The molecule has 1 atom stereocenters. The molecule has 1 unspecified atom stereocenters. The Morgan fingerprint density at radius 3 is 2.80 bits per heavy atom. The number of hydrogen-bond donors (Lipinski definition) is 0. The third-order valence-electron chi connectivity index (χ3n) is 4.06. The van der Waals surface area contributed by atoms with Crippen LogP contribution in [-0.2, 0) is 11.2 Å². The molecule has 0 saturated carbocycles. The second-order valence-electron chi connectivity index (χ2n) is 5.87. The van der Waals surface area contributed by atoms with Gasteiger partial charge < -0.3 is 9.64 Å². The Morgan fingerprint density at radius 1 is 1.32 bits per heavy atom. The van der Waals surface area contributed by atoms with Crippen LogP contribution < -0.4 is 4.74 Å². The summed E-state index contributed by atoms with van der Waals surface area (Å²) in [5.41, 5.74) is 0.777. The van der Waals surface area contributed by atoms with Crippen LogP contribution in [0.15, 0.2) is 42.9 Å². The molecule has 0 spiro atoms. The summed E-state index contributed by atoms with van der Waals surface area (Å²) in [6.07, 6.45) is 6.53. The first kappa shape index (κ1) is 16.8. The van der Waals surface area contributed by atoms with Crippen LogP contribution in [-0.4, -0.2) is 44.9 Å². The lowest BCUT2D eigenvalue weighted by atomic mass is 10.1. The van der Waals surface area contributed by atoms with Crippen molar-refractivity contribution in [3.8, 4) is 5.88 Å². The highest BCUT2D eigenvalue weighted by atomic mass is 16.6. The van der Waals surface area contributed by atoms with Crippen LogP contribution in [0.25, 0.3) is 0 Å². The van der Waals surface area contributed by atoms with E-state index in [1.54, 1.807) is 35.6 Å². The van der Waals surface area contributed by atoms with E-state index in [1.165, 1.54) is 12.1 Å². The Morgan fingerprint density at radius 2 is 2.12 bits per heavy atom. The second kappa shape index (κ2) is 7.69. The fraction of sp³-hybridized carbons (Fsp3) is 0.353. The van der Waals surface area contributed by atoms with E-state index in [2.05, 4.69) is 9.97 Å². The maximum atomic E-state index is 12.5. The molecule has 3 rings (SSSR count). The third kappa shape index (κ3) is 4.50. The number of likely N-dealkylation sites (tertiary alicyclic amines) is 1. The number of nitro groups is 1. The number of piperidine rings is 1. The highest BCUT2D eigenvalue weighted by molar-refractivity contribution is 5.79. The minimum atomic E-state index is -0.454. The highest BCUT2D eigenvalue weighted by Gasteiger charge is 2.25. The zero-order valence-corrected chi connectivity index (χ0v) is 13.6. The summed E-state index contributed by atoms with van der Waals surface area (Å²) in [5.74, 6) is 0.443. The van der Waals surface area contributed by atoms with E-state index in [0.717, 1.165) is 18.4 Å². The molecule has 8 heteroatoms. The van der Waals surface area contributed by atoms with Crippen LogP contribution in [0.3, 0.4) is 0 Å². The summed E-state index contributed by atoms with van der Waals surface area (Å²) in [5, 5.41) is 10.7. The molecule has 0 bridgehead atoms. The number of hydrogen-bond acceptors (Lipinski definition) is 6. The van der Waals surface area contributed by atoms with E-state index in [9.17, 15) is 14.9 Å². The molecule has 1 saturated heterocycles. The summed E-state index contributed by atoms with van der Waals surface area (Å²) in [6.45, 7) is 1.19. The second-order valence-corrected chi connectivity index (χ2v) is 5.87. The fourth-order valence-corrected chi connectivity index (χ4v) is 2.80. The van der Waals surface area contributed by atoms with Crippen molar-refractivity contribution >= 4 is 11.6 Å². The average Bonchev–Trinajstić information content (AvgIpc) is 2.63. The van der Waals surface area contributed by atoms with Crippen molar-refractivity contribution in [1.29, 1.82) is 0 Å². The molecular formula is C17H18N4O4. The normalized spacial score (nSPS) is 17.1. The Kier molecular flexibility index (Phi) is 5.17. The average molecular weight is 342 g/mol. The predicted molar refractivity (Wildman–Crippen MR) is 89.1 cm³/mol. The first-order valence-electron chi connectivity index (χ1n) is 8.05. The molecule has 1 aromatic carbocycles. The monoisotopic (exact) mass is 342 g/mol. The summed E-state index contributed by atoms with van der Waals surface area (Å²) in [6, 6.07) is 6.07. The first-order valence-corrected chi connectivity index (χ1v) is 8.05. The molecule has 2 aromatic rings.